The van der Waals surface area contributed by atoms with Crippen LogP contribution in [0.25, 0.3) is 0 Å². The van der Waals surface area contributed by atoms with Gasteiger partial charge in [0.05, 0.1) is 23.8 Å². The first kappa shape index (κ1) is 13.1. The Morgan fingerprint density at radius 3 is 2.67 bits per heavy atom. The Labute approximate surface area is 121 Å². The molecule has 18 heavy (non-hydrogen) atoms. The zero-order valence-electron chi connectivity index (χ0n) is 9.56. The third-order valence-corrected chi connectivity index (χ3v) is 3.40. The SMILES string of the molecule is Cc1cn(N=Cc2cc(Br)cc(Br)c2N)c(N)n1. The number of aryl methyl sites for hydroxylation is 1. The van der Waals surface area contributed by atoms with E-state index in [0.717, 1.165) is 20.2 Å². The maximum absolute atomic E-state index is 5.94. The molecule has 0 aliphatic heterocycles. The van der Waals surface area contributed by atoms with Crippen LogP contribution >= 0.6 is 31.9 Å². The minimum absolute atomic E-state index is 0.344. The highest BCUT2D eigenvalue weighted by atomic mass is 79.9. The zero-order valence-corrected chi connectivity index (χ0v) is 12.7. The molecule has 0 aliphatic carbocycles. The fourth-order valence-corrected chi connectivity index (χ4v) is 2.69. The molecule has 0 atom stereocenters. The molecular weight excluding hydrogens is 362 g/mol. The molecular formula is C11H11Br2N5. The molecule has 2 aromatic rings. The van der Waals surface area contributed by atoms with Gasteiger partial charge >= 0.3 is 0 Å². The highest BCUT2D eigenvalue weighted by molar-refractivity contribution is 9.11. The van der Waals surface area contributed by atoms with Gasteiger partial charge in [0.15, 0.2) is 0 Å². The molecule has 4 N–H and O–H groups in total. The van der Waals surface area contributed by atoms with Gasteiger partial charge in [0.25, 0.3) is 0 Å². The lowest BCUT2D eigenvalue weighted by Gasteiger charge is -2.04. The number of nitrogen functional groups attached to an aromatic ring is 2. The van der Waals surface area contributed by atoms with Crippen LogP contribution in [0, 0.1) is 6.92 Å². The third kappa shape index (κ3) is 2.73. The number of hydrogen-bond acceptors (Lipinski definition) is 4. The molecule has 0 radical (unpaired) electrons. The fourth-order valence-electron chi connectivity index (χ4n) is 1.43. The lowest BCUT2D eigenvalue weighted by atomic mass is 10.2. The number of rotatable bonds is 2. The minimum atomic E-state index is 0.344. The summed E-state index contributed by atoms with van der Waals surface area (Å²) < 4.78 is 3.23. The number of aromatic nitrogens is 2. The Morgan fingerprint density at radius 2 is 2.06 bits per heavy atom. The summed E-state index contributed by atoms with van der Waals surface area (Å²) in [5.74, 6) is 0.344. The van der Waals surface area contributed by atoms with Crippen molar-refractivity contribution in [1.29, 1.82) is 0 Å². The zero-order chi connectivity index (χ0) is 13.3. The van der Waals surface area contributed by atoms with Gasteiger partial charge in [0, 0.05) is 14.5 Å². The van der Waals surface area contributed by atoms with Crippen molar-refractivity contribution in [2.75, 3.05) is 11.5 Å². The maximum atomic E-state index is 5.94. The predicted octanol–water partition coefficient (Wildman–Crippen LogP) is 2.76. The molecule has 5 nitrogen and oxygen atoms in total. The fraction of sp³-hybridized carbons (Fsp3) is 0.0909. The standard InChI is InChI=1S/C11H11Br2N5/c1-6-5-18(11(15)17-6)16-4-7-2-8(12)3-9(13)10(7)14/h2-5H,14H2,1H3,(H2,15,17). The number of anilines is 2. The van der Waals surface area contributed by atoms with Gasteiger partial charge in [-0.05, 0) is 35.0 Å². The number of hydrogen-bond donors (Lipinski definition) is 2. The lowest BCUT2D eigenvalue weighted by Crippen LogP contribution is -1.99. The number of nitrogens with two attached hydrogens (primary N) is 2. The van der Waals surface area contributed by atoms with Crippen molar-refractivity contribution in [3.63, 3.8) is 0 Å². The molecule has 0 unspecified atom stereocenters. The van der Waals surface area contributed by atoms with Gasteiger partial charge in [-0.2, -0.15) is 5.10 Å². The topological polar surface area (TPSA) is 82.2 Å². The van der Waals surface area contributed by atoms with E-state index in [9.17, 15) is 0 Å². The van der Waals surface area contributed by atoms with Gasteiger partial charge in [-0.15, -0.1) is 0 Å². The minimum Gasteiger partial charge on any atom is -0.397 e. The van der Waals surface area contributed by atoms with E-state index in [1.54, 1.807) is 12.4 Å². The van der Waals surface area contributed by atoms with Crippen LogP contribution in [0.3, 0.4) is 0 Å². The van der Waals surface area contributed by atoms with Crippen molar-refractivity contribution in [1.82, 2.24) is 9.66 Å². The van der Waals surface area contributed by atoms with Crippen LogP contribution in [0.15, 0.2) is 32.4 Å². The second-order valence-electron chi connectivity index (χ2n) is 3.72. The summed E-state index contributed by atoms with van der Waals surface area (Å²) in [6.07, 6.45) is 3.39. The Kier molecular flexibility index (Phi) is 3.72. The van der Waals surface area contributed by atoms with Crippen molar-refractivity contribution >= 4 is 49.7 Å². The number of imidazole rings is 1. The Bertz CT molecular complexity index is 618. The van der Waals surface area contributed by atoms with Gasteiger partial charge in [-0.3, -0.25) is 0 Å². The predicted molar refractivity (Wildman–Crippen MR) is 80.6 cm³/mol. The average Bonchev–Trinajstić information content (AvgIpc) is 2.60. The van der Waals surface area contributed by atoms with Gasteiger partial charge in [-0.1, -0.05) is 15.9 Å². The van der Waals surface area contributed by atoms with E-state index in [1.807, 2.05) is 19.1 Å². The van der Waals surface area contributed by atoms with Crippen molar-refractivity contribution in [3.05, 3.63) is 38.5 Å². The van der Waals surface area contributed by atoms with Gasteiger partial charge in [0.2, 0.25) is 5.95 Å². The molecule has 0 spiro atoms. The normalized spacial score (nSPS) is 11.3. The van der Waals surface area contributed by atoms with Crippen LogP contribution < -0.4 is 11.5 Å². The molecule has 1 heterocycles. The number of nitrogens with zero attached hydrogens (tertiary/aromatic N) is 3. The van der Waals surface area contributed by atoms with E-state index >= 15 is 0 Å². The summed E-state index contributed by atoms with van der Waals surface area (Å²) in [4.78, 5) is 4.06. The summed E-state index contributed by atoms with van der Waals surface area (Å²) >= 11 is 6.78. The molecule has 2 rings (SSSR count). The van der Waals surface area contributed by atoms with E-state index in [1.165, 1.54) is 4.68 Å². The Balaban J connectivity index is 2.37. The molecule has 0 saturated heterocycles. The van der Waals surface area contributed by atoms with Crippen LogP contribution in [-0.4, -0.2) is 15.9 Å². The first-order valence-electron chi connectivity index (χ1n) is 5.07. The Hall–Kier alpha value is -1.34. The molecule has 94 valence electrons. The summed E-state index contributed by atoms with van der Waals surface area (Å²) in [5, 5.41) is 4.22. The average molecular weight is 373 g/mol. The third-order valence-electron chi connectivity index (χ3n) is 2.28. The van der Waals surface area contributed by atoms with E-state index in [-0.39, 0.29) is 0 Å². The second-order valence-corrected chi connectivity index (χ2v) is 5.49. The highest BCUT2D eigenvalue weighted by Crippen LogP contribution is 2.27. The number of benzene rings is 1. The van der Waals surface area contributed by atoms with Crippen LogP contribution in [0.2, 0.25) is 0 Å². The monoisotopic (exact) mass is 371 g/mol. The molecule has 0 fully saturated rings. The molecule has 1 aromatic carbocycles. The van der Waals surface area contributed by atoms with Crippen LogP contribution in [0.5, 0.6) is 0 Å². The van der Waals surface area contributed by atoms with Gasteiger partial charge in [0.1, 0.15) is 0 Å². The summed E-state index contributed by atoms with van der Waals surface area (Å²) in [6.45, 7) is 1.85. The van der Waals surface area contributed by atoms with E-state index in [4.69, 9.17) is 11.5 Å². The summed E-state index contributed by atoms with van der Waals surface area (Å²) in [6, 6.07) is 3.76. The van der Waals surface area contributed by atoms with Crippen LogP contribution in [0.1, 0.15) is 11.3 Å². The molecule has 0 aliphatic rings. The quantitative estimate of drug-likeness (QED) is 0.628. The van der Waals surface area contributed by atoms with Crippen LogP contribution in [-0.2, 0) is 0 Å². The maximum Gasteiger partial charge on any atom is 0.221 e. The molecule has 0 amide bonds. The van der Waals surface area contributed by atoms with Crippen molar-refractivity contribution in [3.8, 4) is 0 Å². The lowest BCUT2D eigenvalue weighted by molar-refractivity contribution is 0.897. The molecule has 7 heteroatoms. The van der Waals surface area contributed by atoms with E-state index in [2.05, 4.69) is 41.9 Å². The molecule has 0 saturated carbocycles. The molecule has 1 aromatic heterocycles. The first-order chi connectivity index (χ1) is 8.47. The van der Waals surface area contributed by atoms with Crippen molar-refractivity contribution in [2.45, 2.75) is 6.92 Å². The van der Waals surface area contributed by atoms with E-state index < -0.39 is 0 Å². The van der Waals surface area contributed by atoms with E-state index in [0.29, 0.717) is 11.6 Å². The smallest absolute Gasteiger partial charge is 0.221 e. The highest BCUT2D eigenvalue weighted by Gasteiger charge is 2.04. The Morgan fingerprint density at radius 1 is 1.33 bits per heavy atom. The van der Waals surface area contributed by atoms with Gasteiger partial charge < -0.3 is 11.5 Å². The van der Waals surface area contributed by atoms with Crippen molar-refractivity contribution in [2.24, 2.45) is 5.10 Å². The van der Waals surface area contributed by atoms with Crippen molar-refractivity contribution < 1.29 is 0 Å². The first-order valence-corrected chi connectivity index (χ1v) is 6.66. The number of halogens is 2. The summed E-state index contributed by atoms with van der Waals surface area (Å²) in [5.41, 5.74) is 13.9. The molecule has 0 bridgehead atoms. The van der Waals surface area contributed by atoms with Crippen LogP contribution in [0.4, 0.5) is 11.6 Å². The van der Waals surface area contributed by atoms with Gasteiger partial charge in [-0.25, -0.2) is 9.66 Å². The largest absolute Gasteiger partial charge is 0.397 e. The second kappa shape index (κ2) is 5.11. The summed E-state index contributed by atoms with van der Waals surface area (Å²) in [7, 11) is 0.